The molecule has 0 saturated heterocycles. The largest absolute Gasteiger partial charge is 0.467 e. The summed E-state index contributed by atoms with van der Waals surface area (Å²) in [6.07, 6.45) is 5.72. The first-order valence-electron chi connectivity index (χ1n) is 8.57. The number of alkyl carbamates (subject to hydrolysis) is 1. The van der Waals surface area contributed by atoms with Crippen LogP contribution in [0.25, 0.3) is 0 Å². The topological polar surface area (TPSA) is 64.6 Å². The third-order valence-electron chi connectivity index (χ3n) is 4.75. The van der Waals surface area contributed by atoms with Crippen molar-refractivity contribution in [2.24, 2.45) is 5.41 Å². The molecule has 1 fully saturated rings. The Hall–Kier alpha value is -2.04. The van der Waals surface area contributed by atoms with E-state index >= 15 is 0 Å². The number of hydrogen-bond donors (Lipinski definition) is 1. The zero-order chi connectivity index (χ0) is 17.4. The Morgan fingerprint density at radius 3 is 2.46 bits per heavy atom. The molecule has 0 spiro atoms. The van der Waals surface area contributed by atoms with Gasteiger partial charge in [-0.1, -0.05) is 56.5 Å². The van der Waals surface area contributed by atoms with E-state index in [1.54, 1.807) is 0 Å². The van der Waals surface area contributed by atoms with E-state index in [0.29, 0.717) is 6.42 Å². The zero-order valence-electron chi connectivity index (χ0n) is 14.5. The summed E-state index contributed by atoms with van der Waals surface area (Å²) in [7, 11) is 1.34. The van der Waals surface area contributed by atoms with Gasteiger partial charge in [-0.05, 0) is 30.2 Å². The first-order chi connectivity index (χ1) is 11.5. The summed E-state index contributed by atoms with van der Waals surface area (Å²) >= 11 is 0. The van der Waals surface area contributed by atoms with Crippen LogP contribution in [0.15, 0.2) is 30.3 Å². The van der Waals surface area contributed by atoms with E-state index in [2.05, 4.69) is 12.2 Å². The maximum absolute atomic E-state index is 12.1. The average molecular weight is 333 g/mol. The van der Waals surface area contributed by atoms with Crippen LogP contribution < -0.4 is 5.32 Å². The Morgan fingerprint density at radius 2 is 1.83 bits per heavy atom. The quantitative estimate of drug-likeness (QED) is 0.804. The van der Waals surface area contributed by atoms with Crippen molar-refractivity contribution in [2.75, 3.05) is 7.11 Å². The Kier molecular flexibility index (Phi) is 6.64. The molecule has 1 amide bonds. The molecule has 0 heterocycles. The molecule has 132 valence electrons. The van der Waals surface area contributed by atoms with Crippen LogP contribution in [-0.4, -0.2) is 25.2 Å². The van der Waals surface area contributed by atoms with Crippen LogP contribution in [0.4, 0.5) is 4.79 Å². The Labute approximate surface area is 143 Å². The predicted molar refractivity (Wildman–Crippen MR) is 91.4 cm³/mol. The van der Waals surface area contributed by atoms with Crippen molar-refractivity contribution < 1.29 is 19.1 Å². The number of amides is 1. The molecule has 5 heteroatoms. The summed E-state index contributed by atoms with van der Waals surface area (Å²) in [5.74, 6) is -0.418. The molecular formula is C19H27NO4. The molecule has 24 heavy (non-hydrogen) atoms. The number of ether oxygens (including phenoxy) is 2. The van der Waals surface area contributed by atoms with Crippen LogP contribution in [0.5, 0.6) is 0 Å². The number of nitrogens with one attached hydrogen (secondary N) is 1. The van der Waals surface area contributed by atoms with Gasteiger partial charge in [-0.15, -0.1) is 0 Å². The van der Waals surface area contributed by atoms with Gasteiger partial charge in [0.2, 0.25) is 0 Å². The molecule has 0 radical (unpaired) electrons. The molecule has 1 aromatic rings. The van der Waals surface area contributed by atoms with Crippen molar-refractivity contribution in [3.63, 3.8) is 0 Å². The number of carbonyl (C=O) groups excluding carboxylic acids is 2. The lowest BCUT2D eigenvalue weighted by atomic mass is 9.72. The summed E-state index contributed by atoms with van der Waals surface area (Å²) in [6.45, 7) is 2.36. The highest BCUT2D eigenvalue weighted by Crippen LogP contribution is 2.39. The van der Waals surface area contributed by atoms with E-state index in [9.17, 15) is 9.59 Å². The molecule has 0 bridgehead atoms. The minimum Gasteiger partial charge on any atom is -0.467 e. The lowest BCUT2D eigenvalue weighted by molar-refractivity contribution is -0.144. The number of carbonyl (C=O) groups is 2. The van der Waals surface area contributed by atoms with Crippen molar-refractivity contribution in [2.45, 2.75) is 58.1 Å². The molecule has 1 aliphatic carbocycles. The fourth-order valence-electron chi connectivity index (χ4n) is 3.34. The van der Waals surface area contributed by atoms with Gasteiger partial charge in [0.05, 0.1) is 7.11 Å². The number of rotatable bonds is 6. The van der Waals surface area contributed by atoms with Gasteiger partial charge in [-0.2, -0.15) is 0 Å². The van der Waals surface area contributed by atoms with Gasteiger partial charge in [0.1, 0.15) is 12.6 Å². The summed E-state index contributed by atoms with van der Waals surface area (Å²) in [4.78, 5) is 24.1. The third kappa shape index (κ3) is 5.55. The van der Waals surface area contributed by atoms with Gasteiger partial charge in [-0.3, -0.25) is 0 Å². The minimum atomic E-state index is -0.665. The van der Waals surface area contributed by atoms with Crippen LogP contribution in [0.1, 0.15) is 51.0 Å². The second kappa shape index (κ2) is 8.71. The fourth-order valence-corrected chi connectivity index (χ4v) is 3.34. The van der Waals surface area contributed by atoms with Gasteiger partial charge < -0.3 is 14.8 Å². The van der Waals surface area contributed by atoms with Crippen LogP contribution in [0.2, 0.25) is 0 Å². The second-order valence-corrected chi connectivity index (χ2v) is 6.86. The van der Waals surface area contributed by atoms with E-state index in [4.69, 9.17) is 9.47 Å². The molecule has 1 aromatic carbocycles. The van der Waals surface area contributed by atoms with E-state index in [1.807, 2.05) is 30.3 Å². The smallest absolute Gasteiger partial charge is 0.408 e. The second-order valence-electron chi connectivity index (χ2n) is 6.86. The molecule has 1 saturated carbocycles. The van der Waals surface area contributed by atoms with Gasteiger partial charge in [0, 0.05) is 0 Å². The maximum atomic E-state index is 12.1. The Balaban J connectivity index is 1.90. The average Bonchev–Trinajstić information content (AvgIpc) is 2.60. The normalized spacial score (nSPS) is 17.6. The molecule has 1 N–H and O–H groups in total. The molecule has 2 rings (SSSR count). The monoisotopic (exact) mass is 333 g/mol. The van der Waals surface area contributed by atoms with Crippen LogP contribution in [-0.2, 0) is 20.9 Å². The first kappa shape index (κ1) is 18.3. The first-order valence-corrected chi connectivity index (χ1v) is 8.57. The van der Waals surface area contributed by atoms with Crippen LogP contribution in [0.3, 0.4) is 0 Å². The van der Waals surface area contributed by atoms with E-state index < -0.39 is 18.1 Å². The number of esters is 1. The Morgan fingerprint density at radius 1 is 1.17 bits per heavy atom. The van der Waals surface area contributed by atoms with Crippen molar-refractivity contribution in [3.05, 3.63) is 35.9 Å². The fraction of sp³-hybridized carbons (Fsp3) is 0.579. The van der Waals surface area contributed by atoms with Crippen LogP contribution in [0, 0.1) is 5.41 Å². The molecule has 1 aliphatic rings. The molecule has 0 unspecified atom stereocenters. The lowest BCUT2D eigenvalue weighted by Gasteiger charge is -2.35. The SMILES string of the molecule is COC(=O)[C@@H](CC1(C)CCCCC1)NC(=O)OCc1ccccc1. The summed E-state index contributed by atoms with van der Waals surface area (Å²) in [5.41, 5.74) is 0.964. The highest BCUT2D eigenvalue weighted by Gasteiger charge is 2.34. The third-order valence-corrected chi connectivity index (χ3v) is 4.75. The van der Waals surface area contributed by atoms with Crippen molar-refractivity contribution in [3.8, 4) is 0 Å². The molecular weight excluding hydrogens is 306 g/mol. The van der Waals surface area contributed by atoms with E-state index in [0.717, 1.165) is 18.4 Å². The number of methoxy groups -OCH3 is 1. The Bertz CT molecular complexity index is 538. The molecule has 0 aliphatic heterocycles. The summed E-state index contributed by atoms with van der Waals surface area (Å²) in [5, 5.41) is 2.67. The maximum Gasteiger partial charge on any atom is 0.408 e. The standard InChI is InChI=1S/C19H27NO4/c1-19(11-7-4-8-12-19)13-16(17(21)23-2)20-18(22)24-14-15-9-5-3-6-10-15/h3,5-6,9-10,16H,4,7-8,11-14H2,1-2H3,(H,20,22)/t16-/m1/s1. The summed E-state index contributed by atoms with van der Waals surface area (Å²) in [6, 6.07) is 8.78. The van der Waals surface area contributed by atoms with Crippen molar-refractivity contribution in [1.82, 2.24) is 5.32 Å². The van der Waals surface area contributed by atoms with Crippen molar-refractivity contribution in [1.29, 1.82) is 0 Å². The highest BCUT2D eigenvalue weighted by molar-refractivity contribution is 5.81. The molecule has 5 nitrogen and oxygen atoms in total. The van der Waals surface area contributed by atoms with E-state index in [-0.39, 0.29) is 12.0 Å². The van der Waals surface area contributed by atoms with Crippen molar-refractivity contribution >= 4 is 12.1 Å². The van der Waals surface area contributed by atoms with Gasteiger partial charge >= 0.3 is 12.1 Å². The predicted octanol–water partition coefficient (Wildman–Crippen LogP) is 3.81. The minimum absolute atomic E-state index is 0.0593. The van der Waals surface area contributed by atoms with Crippen LogP contribution >= 0.6 is 0 Å². The van der Waals surface area contributed by atoms with Gasteiger partial charge in [0.25, 0.3) is 0 Å². The summed E-state index contributed by atoms with van der Waals surface area (Å²) < 4.78 is 10.1. The van der Waals surface area contributed by atoms with E-state index in [1.165, 1.54) is 26.4 Å². The highest BCUT2D eigenvalue weighted by atomic mass is 16.6. The number of hydrogen-bond acceptors (Lipinski definition) is 4. The molecule has 1 atom stereocenters. The molecule has 0 aromatic heterocycles. The van der Waals surface area contributed by atoms with Gasteiger partial charge in [-0.25, -0.2) is 9.59 Å². The zero-order valence-corrected chi connectivity index (χ0v) is 14.5. The lowest BCUT2D eigenvalue weighted by Crippen LogP contribution is -2.45. The number of benzene rings is 1. The van der Waals surface area contributed by atoms with Gasteiger partial charge in [0.15, 0.2) is 0 Å².